The molecule has 0 amide bonds. The standard InChI is InChI=1S/C23H23N5O2S/c1-14-24-10-11-28(14)23-26-21(20-16-4-2-3-5-19(16)31-22(20)27-23)25-9-8-15-6-7-17-18(12-15)30-13-29-17/h6-7,10-12H,2-5,8-9,13H2,1H3,(H,25,26,27). The summed E-state index contributed by atoms with van der Waals surface area (Å²) >= 11 is 1.82. The van der Waals surface area contributed by atoms with Gasteiger partial charge in [0.2, 0.25) is 12.7 Å². The Morgan fingerprint density at radius 3 is 2.94 bits per heavy atom. The molecule has 0 radical (unpaired) electrons. The Kier molecular flexibility index (Phi) is 4.52. The lowest BCUT2D eigenvalue weighted by molar-refractivity contribution is 0.174. The number of benzene rings is 1. The van der Waals surface area contributed by atoms with Gasteiger partial charge in [-0.15, -0.1) is 11.3 Å². The number of nitrogens with zero attached hydrogens (tertiary/aromatic N) is 4. The van der Waals surface area contributed by atoms with E-state index >= 15 is 0 Å². The van der Waals surface area contributed by atoms with Crippen molar-refractivity contribution in [2.75, 3.05) is 18.7 Å². The van der Waals surface area contributed by atoms with Crippen LogP contribution in [0.2, 0.25) is 0 Å². The fourth-order valence-electron chi connectivity index (χ4n) is 4.39. The number of hydrogen-bond acceptors (Lipinski definition) is 7. The van der Waals surface area contributed by atoms with E-state index in [2.05, 4.69) is 22.4 Å². The molecule has 1 aliphatic heterocycles. The molecule has 31 heavy (non-hydrogen) atoms. The minimum Gasteiger partial charge on any atom is -0.454 e. The van der Waals surface area contributed by atoms with Crippen molar-refractivity contribution in [3.8, 4) is 17.4 Å². The molecular formula is C23H23N5O2S. The molecular weight excluding hydrogens is 410 g/mol. The molecule has 2 aliphatic rings. The quantitative estimate of drug-likeness (QED) is 0.501. The van der Waals surface area contributed by atoms with Gasteiger partial charge < -0.3 is 14.8 Å². The summed E-state index contributed by atoms with van der Waals surface area (Å²) in [6, 6.07) is 6.14. The number of anilines is 1. The number of aryl methyl sites for hydroxylation is 3. The number of rotatable bonds is 5. The first-order valence-corrected chi connectivity index (χ1v) is 11.5. The van der Waals surface area contributed by atoms with Crippen LogP contribution in [0.15, 0.2) is 30.6 Å². The van der Waals surface area contributed by atoms with Crippen molar-refractivity contribution in [3.05, 3.63) is 52.4 Å². The van der Waals surface area contributed by atoms with Gasteiger partial charge in [-0.3, -0.25) is 4.57 Å². The van der Waals surface area contributed by atoms with Crippen LogP contribution in [0.1, 0.15) is 34.7 Å². The van der Waals surface area contributed by atoms with E-state index in [0.29, 0.717) is 12.7 Å². The zero-order chi connectivity index (χ0) is 20.8. The maximum Gasteiger partial charge on any atom is 0.238 e. The summed E-state index contributed by atoms with van der Waals surface area (Å²) in [5.74, 6) is 4.12. The number of thiophene rings is 1. The maximum absolute atomic E-state index is 5.51. The Labute approximate surface area is 184 Å². The topological polar surface area (TPSA) is 74.1 Å². The van der Waals surface area contributed by atoms with E-state index in [1.807, 2.05) is 35.1 Å². The molecule has 1 aliphatic carbocycles. The third kappa shape index (κ3) is 3.31. The van der Waals surface area contributed by atoms with E-state index in [1.54, 1.807) is 6.20 Å². The van der Waals surface area contributed by atoms with E-state index in [-0.39, 0.29) is 0 Å². The predicted molar refractivity (Wildman–Crippen MR) is 121 cm³/mol. The first kappa shape index (κ1) is 18.6. The lowest BCUT2D eigenvalue weighted by Gasteiger charge is -2.14. The van der Waals surface area contributed by atoms with Gasteiger partial charge in [0.1, 0.15) is 16.5 Å². The highest BCUT2D eigenvalue weighted by atomic mass is 32.1. The molecule has 0 spiro atoms. The molecule has 4 aromatic rings. The predicted octanol–water partition coefficient (Wildman–Crippen LogP) is 4.45. The molecule has 158 valence electrons. The lowest BCUT2D eigenvalue weighted by Crippen LogP contribution is -2.11. The van der Waals surface area contributed by atoms with Crippen LogP contribution in [0.3, 0.4) is 0 Å². The van der Waals surface area contributed by atoms with Gasteiger partial charge in [-0.2, -0.15) is 4.98 Å². The van der Waals surface area contributed by atoms with E-state index in [9.17, 15) is 0 Å². The van der Waals surface area contributed by atoms with Gasteiger partial charge in [-0.1, -0.05) is 6.07 Å². The Morgan fingerprint density at radius 1 is 1.13 bits per heavy atom. The van der Waals surface area contributed by atoms with Gasteiger partial charge in [0.15, 0.2) is 11.5 Å². The second-order valence-corrected chi connectivity index (χ2v) is 9.06. The van der Waals surface area contributed by atoms with Crippen LogP contribution in [-0.4, -0.2) is 32.9 Å². The number of ether oxygens (including phenoxy) is 2. The van der Waals surface area contributed by atoms with Gasteiger partial charge in [0, 0.05) is 23.8 Å². The van der Waals surface area contributed by atoms with Crippen molar-refractivity contribution in [2.24, 2.45) is 0 Å². The summed E-state index contributed by atoms with van der Waals surface area (Å²) in [5.41, 5.74) is 2.64. The smallest absolute Gasteiger partial charge is 0.238 e. The van der Waals surface area contributed by atoms with Crippen LogP contribution in [0.4, 0.5) is 5.82 Å². The monoisotopic (exact) mass is 433 g/mol. The molecule has 0 saturated carbocycles. The fourth-order valence-corrected chi connectivity index (χ4v) is 5.65. The summed E-state index contributed by atoms with van der Waals surface area (Å²) in [5, 5.41) is 4.81. The highest BCUT2D eigenvalue weighted by molar-refractivity contribution is 7.19. The van der Waals surface area contributed by atoms with Crippen LogP contribution in [0.25, 0.3) is 16.2 Å². The molecule has 6 rings (SSSR count). The highest BCUT2D eigenvalue weighted by Gasteiger charge is 2.22. The summed E-state index contributed by atoms with van der Waals surface area (Å²) in [4.78, 5) is 16.7. The average molecular weight is 434 g/mol. The van der Waals surface area contributed by atoms with E-state index < -0.39 is 0 Å². The van der Waals surface area contributed by atoms with E-state index in [4.69, 9.17) is 19.4 Å². The number of nitrogens with one attached hydrogen (secondary N) is 1. The molecule has 1 aromatic carbocycles. The Bertz CT molecular complexity index is 1280. The SMILES string of the molecule is Cc1nccn1-c1nc(NCCc2ccc3c(c2)OCO3)c2c3c(sc2n1)CCCC3. The van der Waals surface area contributed by atoms with Crippen LogP contribution >= 0.6 is 11.3 Å². The van der Waals surface area contributed by atoms with Gasteiger partial charge in [-0.05, 0) is 62.3 Å². The van der Waals surface area contributed by atoms with Crippen molar-refractivity contribution < 1.29 is 9.47 Å². The normalized spacial score (nSPS) is 14.7. The third-order valence-corrected chi connectivity index (χ3v) is 7.17. The molecule has 0 bridgehead atoms. The second kappa shape index (κ2) is 7.53. The van der Waals surface area contributed by atoms with Crippen LogP contribution in [0, 0.1) is 6.92 Å². The zero-order valence-corrected chi connectivity index (χ0v) is 18.2. The zero-order valence-electron chi connectivity index (χ0n) is 17.4. The van der Waals surface area contributed by atoms with Gasteiger partial charge in [-0.25, -0.2) is 9.97 Å². The van der Waals surface area contributed by atoms with Crippen molar-refractivity contribution in [1.82, 2.24) is 19.5 Å². The largest absolute Gasteiger partial charge is 0.454 e. The molecule has 7 nitrogen and oxygen atoms in total. The molecule has 0 unspecified atom stereocenters. The van der Waals surface area contributed by atoms with Crippen molar-refractivity contribution in [2.45, 2.75) is 39.0 Å². The lowest BCUT2D eigenvalue weighted by atomic mass is 9.97. The second-order valence-electron chi connectivity index (χ2n) is 7.97. The molecule has 1 N–H and O–H groups in total. The molecule has 3 aromatic heterocycles. The molecule has 4 heterocycles. The van der Waals surface area contributed by atoms with E-state index in [0.717, 1.165) is 53.8 Å². The Hall–Kier alpha value is -3.13. The maximum atomic E-state index is 5.51. The first-order valence-electron chi connectivity index (χ1n) is 10.7. The highest BCUT2D eigenvalue weighted by Crippen LogP contribution is 2.39. The summed E-state index contributed by atoms with van der Waals surface area (Å²) in [6.07, 6.45) is 9.32. The molecule has 8 heteroatoms. The van der Waals surface area contributed by atoms with Gasteiger partial charge >= 0.3 is 0 Å². The average Bonchev–Trinajstić information content (AvgIpc) is 3.50. The van der Waals surface area contributed by atoms with Crippen LogP contribution in [0.5, 0.6) is 11.5 Å². The number of fused-ring (bicyclic) bond motifs is 4. The third-order valence-electron chi connectivity index (χ3n) is 5.99. The number of hydrogen-bond donors (Lipinski definition) is 1. The molecule has 0 saturated heterocycles. The van der Waals surface area contributed by atoms with Gasteiger partial charge in [0.25, 0.3) is 0 Å². The van der Waals surface area contributed by atoms with Crippen molar-refractivity contribution >= 4 is 27.4 Å². The first-order chi connectivity index (χ1) is 15.3. The fraction of sp³-hybridized carbons (Fsp3) is 0.348. The minimum atomic E-state index is 0.301. The number of imidazole rings is 1. The Morgan fingerprint density at radius 2 is 2.03 bits per heavy atom. The summed E-state index contributed by atoms with van der Waals surface area (Å²) in [7, 11) is 0. The van der Waals surface area contributed by atoms with Gasteiger partial charge in [0.05, 0.1) is 5.39 Å². The minimum absolute atomic E-state index is 0.301. The molecule has 0 atom stereocenters. The summed E-state index contributed by atoms with van der Waals surface area (Å²) in [6.45, 7) is 3.05. The van der Waals surface area contributed by atoms with Crippen molar-refractivity contribution in [1.29, 1.82) is 0 Å². The van der Waals surface area contributed by atoms with Crippen molar-refractivity contribution in [3.63, 3.8) is 0 Å². The number of aromatic nitrogens is 4. The van der Waals surface area contributed by atoms with Crippen LogP contribution < -0.4 is 14.8 Å². The summed E-state index contributed by atoms with van der Waals surface area (Å²) < 4.78 is 12.9. The Balaban J connectivity index is 1.33. The van der Waals surface area contributed by atoms with Crippen LogP contribution in [-0.2, 0) is 19.3 Å². The van der Waals surface area contributed by atoms with E-state index in [1.165, 1.54) is 34.2 Å². The molecule has 0 fully saturated rings.